The van der Waals surface area contributed by atoms with Crippen LogP contribution in [0, 0.1) is 5.92 Å². The minimum absolute atomic E-state index is 0.00927. The Kier molecular flexibility index (Phi) is 7.64. The molecule has 2 rings (SSSR count). The molecule has 0 spiro atoms. The summed E-state index contributed by atoms with van der Waals surface area (Å²) in [5.74, 6) is 0.135. The second-order valence-electron chi connectivity index (χ2n) is 7.57. The Hall–Kier alpha value is -3.03. The van der Waals surface area contributed by atoms with Crippen LogP contribution < -0.4 is 21.9 Å². The van der Waals surface area contributed by atoms with Gasteiger partial charge in [-0.05, 0) is 36.5 Å². The molecule has 0 unspecified atom stereocenters. The Bertz CT molecular complexity index is 945. The molecule has 0 saturated carbocycles. The number of carbonyl (C=O) groups excluding carboxylic acids is 1. The molecule has 158 valence electrons. The van der Waals surface area contributed by atoms with Crippen molar-refractivity contribution in [3.63, 3.8) is 0 Å². The molecule has 0 fully saturated rings. The predicted octanol–water partition coefficient (Wildman–Crippen LogP) is 2.25. The van der Waals surface area contributed by atoms with Gasteiger partial charge in [0.15, 0.2) is 5.69 Å². The number of rotatable bonds is 9. The highest BCUT2D eigenvalue weighted by Gasteiger charge is 2.24. The van der Waals surface area contributed by atoms with Gasteiger partial charge < -0.3 is 15.7 Å². The summed E-state index contributed by atoms with van der Waals surface area (Å²) in [4.78, 5) is 41.6. The monoisotopic (exact) mass is 402 g/mol. The van der Waals surface area contributed by atoms with E-state index in [0.717, 1.165) is 12.8 Å². The molecule has 2 aromatic rings. The second-order valence-corrected chi connectivity index (χ2v) is 7.57. The lowest BCUT2D eigenvalue weighted by atomic mass is 10.1. The Morgan fingerprint density at radius 3 is 2.48 bits per heavy atom. The minimum atomic E-state index is -0.664. The van der Waals surface area contributed by atoms with Crippen LogP contribution in [0.15, 0.2) is 33.9 Å². The molecule has 0 aliphatic carbocycles. The smallest absolute Gasteiger partial charge is 0.330 e. The number of aromatic hydroxyl groups is 1. The van der Waals surface area contributed by atoms with E-state index in [9.17, 15) is 19.5 Å². The summed E-state index contributed by atoms with van der Waals surface area (Å²) in [6.45, 7) is 6.73. The largest absolute Gasteiger partial charge is 0.508 e. The number of nitrogen functional groups attached to an aromatic ring is 1. The van der Waals surface area contributed by atoms with Gasteiger partial charge in [-0.3, -0.25) is 19.1 Å². The van der Waals surface area contributed by atoms with Crippen molar-refractivity contribution in [3.8, 4) is 5.75 Å². The molecule has 0 aliphatic rings. The topological polar surface area (TPSA) is 121 Å². The first-order chi connectivity index (χ1) is 13.7. The van der Waals surface area contributed by atoms with Crippen molar-refractivity contribution < 1.29 is 9.90 Å². The van der Waals surface area contributed by atoms with E-state index in [2.05, 4.69) is 4.98 Å². The average molecular weight is 402 g/mol. The lowest BCUT2D eigenvalue weighted by molar-refractivity contribution is -0.118. The molecule has 4 N–H and O–H groups in total. The van der Waals surface area contributed by atoms with Gasteiger partial charge >= 0.3 is 5.69 Å². The van der Waals surface area contributed by atoms with Gasteiger partial charge in [0.1, 0.15) is 11.6 Å². The van der Waals surface area contributed by atoms with Gasteiger partial charge in [-0.15, -0.1) is 0 Å². The highest BCUT2D eigenvalue weighted by atomic mass is 16.3. The number of nitrogens with one attached hydrogen (secondary N) is 1. The van der Waals surface area contributed by atoms with Crippen molar-refractivity contribution in [2.75, 3.05) is 17.2 Å². The lowest BCUT2D eigenvalue weighted by Crippen LogP contribution is -2.42. The third kappa shape index (κ3) is 5.73. The number of hydrogen-bond donors (Lipinski definition) is 3. The highest BCUT2D eigenvalue weighted by molar-refractivity contribution is 5.96. The highest BCUT2D eigenvalue weighted by Crippen LogP contribution is 2.20. The molecule has 1 heterocycles. The van der Waals surface area contributed by atoms with Crippen LogP contribution in [0.25, 0.3) is 0 Å². The summed E-state index contributed by atoms with van der Waals surface area (Å²) in [5.41, 5.74) is 5.69. The van der Waals surface area contributed by atoms with E-state index in [0.29, 0.717) is 31.0 Å². The lowest BCUT2D eigenvalue weighted by Gasteiger charge is -2.25. The van der Waals surface area contributed by atoms with Gasteiger partial charge in [-0.25, -0.2) is 4.79 Å². The molecule has 8 heteroatoms. The number of carbonyl (C=O) groups is 1. The molecule has 0 bridgehead atoms. The summed E-state index contributed by atoms with van der Waals surface area (Å²) in [7, 11) is 0. The van der Waals surface area contributed by atoms with Crippen LogP contribution in [0.1, 0.15) is 45.6 Å². The number of hydrogen-bond acceptors (Lipinski definition) is 5. The van der Waals surface area contributed by atoms with Crippen LogP contribution in [-0.4, -0.2) is 27.1 Å². The van der Waals surface area contributed by atoms with E-state index < -0.39 is 11.2 Å². The van der Waals surface area contributed by atoms with Crippen molar-refractivity contribution in [1.82, 2.24) is 9.55 Å². The number of unbranched alkanes of at least 4 members (excludes halogenated alkanes) is 1. The van der Waals surface area contributed by atoms with E-state index in [-0.39, 0.29) is 29.6 Å². The van der Waals surface area contributed by atoms with Crippen molar-refractivity contribution in [1.29, 1.82) is 0 Å². The zero-order valence-electron chi connectivity index (χ0n) is 17.3. The standard InChI is InChI=1S/C21H30N4O4/c1-4-5-11-25-19(22)18(20(28)23-21(25)29)24(12-10-14(2)3)17(27)13-15-6-8-16(26)9-7-15/h6-9,14,26H,4-5,10-13,22H2,1-3H3,(H,23,28,29). The van der Waals surface area contributed by atoms with Crippen LogP contribution in [0.3, 0.4) is 0 Å². The second kappa shape index (κ2) is 9.95. The maximum atomic E-state index is 13.1. The first-order valence-electron chi connectivity index (χ1n) is 9.95. The molecule has 1 amide bonds. The number of phenolic OH excluding ortho intramolecular Hbond substituents is 1. The number of nitrogens with two attached hydrogens (primary N) is 1. The Morgan fingerprint density at radius 1 is 1.24 bits per heavy atom. The third-order valence-electron chi connectivity index (χ3n) is 4.74. The number of amides is 1. The Morgan fingerprint density at radius 2 is 1.90 bits per heavy atom. The molecule has 0 atom stereocenters. The molecular formula is C21H30N4O4. The molecular weight excluding hydrogens is 372 g/mol. The van der Waals surface area contributed by atoms with Gasteiger partial charge in [0.2, 0.25) is 5.91 Å². The molecule has 0 saturated heterocycles. The van der Waals surface area contributed by atoms with Crippen LogP contribution in [0.2, 0.25) is 0 Å². The fraction of sp³-hybridized carbons (Fsp3) is 0.476. The molecule has 1 aromatic carbocycles. The quantitative estimate of drug-likeness (QED) is 0.594. The van der Waals surface area contributed by atoms with Crippen molar-refractivity contribution in [2.45, 2.75) is 53.0 Å². The summed E-state index contributed by atoms with van der Waals surface area (Å²) >= 11 is 0. The van der Waals surface area contributed by atoms with E-state index in [1.807, 2.05) is 20.8 Å². The van der Waals surface area contributed by atoms with Crippen LogP contribution in [0.5, 0.6) is 5.75 Å². The molecule has 0 radical (unpaired) electrons. The van der Waals surface area contributed by atoms with E-state index >= 15 is 0 Å². The summed E-state index contributed by atoms with van der Waals surface area (Å²) in [5, 5.41) is 9.43. The Labute approximate surface area is 170 Å². The first-order valence-corrected chi connectivity index (χ1v) is 9.95. The molecule has 1 aromatic heterocycles. The fourth-order valence-corrected chi connectivity index (χ4v) is 3.01. The number of anilines is 2. The van der Waals surface area contributed by atoms with Crippen LogP contribution in [0.4, 0.5) is 11.5 Å². The van der Waals surface area contributed by atoms with Gasteiger partial charge in [0.25, 0.3) is 5.56 Å². The number of benzene rings is 1. The SMILES string of the molecule is CCCCn1c(N)c(N(CCC(C)C)C(=O)Cc2ccc(O)cc2)c(=O)[nH]c1=O. The van der Waals surface area contributed by atoms with Gasteiger partial charge in [-0.1, -0.05) is 39.3 Å². The number of nitrogens with zero attached hydrogens (tertiary/aromatic N) is 2. The van der Waals surface area contributed by atoms with E-state index in [4.69, 9.17) is 5.73 Å². The van der Waals surface area contributed by atoms with Gasteiger partial charge in [-0.2, -0.15) is 0 Å². The fourth-order valence-electron chi connectivity index (χ4n) is 3.01. The minimum Gasteiger partial charge on any atom is -0.508 e. The number of aromatic amines is 1. The van der Waals surface area contributed by atoms with Crippen molar-refractivity contribution in [2.24, 2.45) is 5.92 Å². The first kappa shape index (κ1) is 22.3. The zero-order valence-corrected chi connectivity index (χ0v) is 17.3. The van der Waals surface area contributed by atoms with Gasteiger partial charge in [0.05, 0.1) is 6.42 Å². The average Bonchev–Trinajstić information content (AvgIpc) is 2.65. The summed E-state index contributed by atoms with van der Waals surface area (Å²) < 4.78 is 1.32. The van der Waals surface area contributed by atoms with Gasteiger partial charge in [0, 0.05) is 13.1 Å². The summed E-state index contributed by atoms with van der Waals surface area (Å²) in [6.07, 6.45) is 2.31. The number of aromatic nitrogens is 2. The van der Waals surface area contributed by atoms with Crippen LogP contribution >= 0.6 is 0 Å². The van der Waals surface area contributed by atoms with Crippen molar-refractivity contribution in [3.05, 3.63) is 50.7 Å². The summed E-state index contributed by atoms with van der Waals surface area (Å²) in [6, 6.07) is 6.33. The molecule has 0 aliphatic heterocycles. The molecule has 29 heavy (non-hydrogen) atoms. The predicted molar refractivity (Wildman–Crippen MR) is 114 cm³/mol. The van der Waals surface area contributed by atoms with E-state index in [1.165, 1.54) is 21.6 Å². The Balaban J connectivity index is 2.45. The van der Waals surface area contributed by atoms with Crippen molar-refractivity contribution >= 4 is 17.4 Å². The maximum absolute atomic E-state index is 13.1. The maximum Gasteiger partial charge on any atom is 0.330 e. The van der Waals surface area contributed by atoms with E-state index in [1.54, 1.807) is 12.1 Å². The zero-order chi connectivity index (χ0) is 21.6. The third-order valence-corrected chi connectivity index (χ3v) is 4.74. The number of H-pyrrole nitrogens is 1. The number of phenols is 1. The normalized spacial score (nSPS) is 11.0. The van der Waals surface area contributed by atoms with Crippen LogP contribution in [-0.2, 0) is 17.8 Å². The molecule has 8 nitrogen and oxygen atoms in total.